The van der Waals surface area contributed by atoms with E-state index in [0.29, 0.717) is 17.5 Å². The van der Waals surface area contributed by atoms with Crippen LogP contribution in [0.5, 0.6) is 0 Å². The zero-order valence-electron chi connectivity index (χ0n) is 15.0. The first-order valence-electron chi connectivity index (χ1n) is 9.53. The van der Waals surface area contributed by atoms with E-state index in [1.807, 2.05) is 0 Å². The molecule has 1 aliphatic heterocycles. The van der Waals surface area contributed by atoms with Crippen LogP contribution in [0.2, 0.25) is 0 Å². The van der Waals surface area contributed by atoms with Crippen molar-refractivity contribution in [3.05, 3.63) is 46.5 Å². The predicted octanol–water partition coefficient (Wildman–Crippen LogP) is 1.98. The Morgan fingerprint density at radius 1 is 1.14 bits per heavy atom. The van der Waals surface area contributed by atoms with Gasteiger partial charge in [-0.15, -0.1) is 0 Å². The van der Waals surface area contributed by atoms with E-state index in [2.05, 4.69) is 17.5 Å². The van der Waals surface area contributed by atoms with Crippen molar-refractivity contribution < 1.29 is 19.3 Å². The summed E-state index contributed by atoms with van der Waals surface area (Å²) >= 11 is 0. The Morgan fingerprint density at radius 3 is 2.39 bits per heavy atom. The number of allylic oxidation sites excluding steroid dienone is 2. The topological polar surface area (TPSA) is 110 Å². The molecule has 144 valence electrons. The Labute approximate surface area is 160 Å². The average Bonchev–Trinajstić information content (AvgIpc) is 3.45. The molecule has 0 radical (unpaired) electrons. The molecule has 1 aromatic carbocycles. The summed E-state index contributed by atoms with van der Waals surface area (Å²) < 4.78 is 0. The Morgan fingerprint density at radius 2 is 1.79 bits per heavy atom. The minimum absolute atomic E-state index is 0.0325. The van der Waals surface area contributed by atoms with Crippen molar-refractivity contribution in [1.82, 2.24) is 4.90 Å². The molecule has 8 nitrogen and oxygen atoms in total. The largest absolute Gasteiger partial charge is 0.326 e. The van der Waals surface area contributed by atoms with Crippen molar-refractivity contribution in [2.24, 2.45) is 35.5 Å². The molecule has 5 aliphatic rings. The van der Waals surface area contributed by atoms with Gasteiger partial charge in [-0.1, -0.05) is 18.2 Å². The molecule has 1 N–H and O–H groups in total. The number of imide groups is 1. The number of nitrogens with one attached hydrogen (secondary N) is 1. The first kappa shape index (κ1) is 17.1. The van der Waals surface area contributed by atoms with Crippen molar-refractivity contribution in [1.29, 1.82) is 0 Å². The predicted molar refractivity (Wildman–Crippen MR) is 97.8 cm³/mol. The van der Waals surface area contributed by atoms with Crippen LogP contribution in [0.1, 0.15) is 12.8 Å². The summed E-state index contributed by atoms with van der Waals surface area (Å²) in [5, 5.41) is 13.4. The molecular formula is C20H19N3O5. The van der Waals surface area contributed by atoms with Gasteiger partial charge in [0.15, 0.2) is 0 Å². The molecule has 0 unspecified atom stereocenters. The number of carbonyl (C=O) groups is 3. The van der Waals surface area contributed by atoms with Crippen LogP contribution in [0.25, 0.3) is 0 Å². The monoisotopic (exact) mass is 381 g/mol. The minimum Gasteiger partial charge on any atom is -0.326 e. The normalized spacial score (nSPS) is 34.2. The van der Waals surface area contributed by atoms with E-state index in [1.54, 1.807) is 6.07 Å². The second-order valence-corrected chi connectivity index (χ2v) is 8.09. The van der Waals surface area contributed by atoms with Crippen LogP contribution in [0.4, 0.5) is 11.4 Å². The van der Waals surface area contributed by atoms with Gasteiger partial charge in [0.25, 0.3) is 5.69 Å². The van der Waals surface area contributed by atoms with Gasteiger partial charge < -0.3 is 5.32 Å². The maximum atomic E-state index is 12.9. The summed E-state index contributed by atoms with van der Waals surface area (Å²) in [4.78, 5) is 49.5. The Hall–Kier alpha value is -3.03. The average molecular weight is 381 g/mol. The van der Waals surface area contributed by atoms with Crippen molar-refractivity contribution >= 4 is 29.1 Å². The SMILES string of the molecule is O=C(CCN1C(=O)[C@@H]2[C@H]3C=C[C@@H]([C@@H]4C[C@H]34)[C@@H]2C1=O)Nc1cccc([N+](=O)[O-])c1. The Bertz CT molecular complexity index is 906. The smallest absolute Gasteiger partial charge is 0.271 e. The summed E-state index contributed by atoms with van der Waals surface area (Å²) in [6.07, 6.45) is 5.31. The molecule has 0 aromatic heterocycles. The number of rotatable bonds is 5. The summed E-state index contributed by atoms with van der Waals surface area (Å²) in [5.41, 5.74) is 0.197. The van der Waals surface area contributed by atoms with Gasteiger partial charge in [0.2, 0.25) is 17.7 Å². The second-order valence-electron chi connectivity index (χ2n) is 8.09. The van der Waals surface area contributed by atoms with E-state index >= 15 is 0 Å². The first-order valence-corrected chi connectivity index (χ1v) is 9.53. The summed E-state index contributed by atoms with van der Waals surface area (Å²) in [6, 6.07) is 5.65. The Balaban J connectivity index is 1.23. The number of likely N-dealkylation sites (tertiary alicyclic amines) is 1. The molecule has 1 saturated heterocycles. The fraction of sp³-hybridized carbons (Fsp3) is 0.450. The van der Waals surface area contributed by atoms with Crippen LogP contribution in [-0.2, 0) is 14.4 Å². The maximum Gasteiger partial charge on any atom is 0.271 e. The third-order valence-electron chi connectivity index (χ3n) is 6.66. The number of carbonyl (C=O) groups excluding carboxylic acids is 3. The number of non-ortho nitro benzene ring substituents is 1. The van der Waals surface area contributed by atoms with Gasteiger partial charge in [0.05, 0.1) is 16.8 Å². The minimum atomic E-state index is -0.536. The fourth-order valence-corrected chi connectivity index (χ4v) is 5.37. The summed E-state index contributed by atoms with van der Waals surface area (Å²) in [5.74, 6) is 0.221. The zero-order chi connectivity index (χ0) is 19.6. The molecular weight excluding hydrogens is 362 g/mol. The molecule has 3 amide bonds. The van der Waals surface area contributed by atoms with Gasteiger partial charge in [-0.25, -0.2) is 0 Å². The molecule has 4 aliphatic carbocycles. The van der Waals surface area contributed by atoms with E-state index in [0.717, 1.165) is 6.42 Å². The number of hydrogen-bond acceptors (Lipinski definition) is 5. The van der Waals surface area contributed by atoms with Gasteiger partial charge in [-0.3, -0.25) is 29.4 Å². The zero-order valence-corrected chi connectivity index (χ0v) is 15.0. The van der Waals surface area contributed by atoms with Gasteiger partial charge >= 0.3 is 0 Å². The lowest BCUT2D eigenvalue weighted by atomic mass is 9.63. The first-order chi connectivity index (χ1) is 13.5. The number of nitro groups is 1. The van der Waals surface area contributed by atoms with E-state index in [1.165, 1.54) is 23.1 Å². The highest BCUT2D eigenvalue weighted by Gasteiger charge is 2.66. The molecule has 6 atom stereocenters. The van der Waals surface area contributed by atoms with Gasteiger partial charge in [-0.05, 0) is 36.2 Å². The van der Waals surface area contributed by atoms with Crippen LogP contribution in [-0.4, -0.2) is 34.1 Å². The van der Waals surface area contributed by atoms with E-state index in [4.69, 9.17) is 0 Å². The van der Waals surface area contributed by atoms with Crippen LogP contribution >= 0.6 is 0 Å². The van der Waals surface area contributed by atoms with Gasteiger partial charge in [-0.2, -0.15) is 0 Å². The molecule has 6 rings (SSSR count). The number of benzene rings is 1. The Kier molecular flexibility index (Phi) is 3.65. The number of hydrogen-bond donors (Lipinski definition) is 1. The maximum absolute atomic E-state index is 12.9. The number of anilines is 1. The van der Waals surface area contributed by atoms with Crippen LogP contribution < -0.4 is 5.32 Å². The van der Waals surface area contributed by atoms with Crippen molar-refractivity contribution in [2.75, 3.05) is 11.9 Å². The molecule has 1 heterocycles. The lowest BCUT2D eigenvalue weighted by Crippen LogP contribution is -2.40. The highest BCUT2D eigenvalue weighted by atomic mass is 16.6. The molecule has 3 fully saturated rings. The highest BCUT2D eigenvalue weighted by Crippen LogP contribution is 2.65. The van der Waals surface area contributed by atoms with Gasteiger partial charge in [0.1, 0.15) is 0 Å². The quantitative estimate of drug-likeness (QED) is 0.363. The molecule has 8 heteroatoms. The van der Waals surface area contributed by atoms with Crippen molar-refractivity contribution in [3.63, 3.8) is 0 Å². The van der Waals surface area contributed by atoms with E-state index < -0.39 is 4.92 Å². The van der Waals surface area contributed by atoms with Crippen molar-refractivity contribution in [3.8, 4) is 0 Å². The molecule has 1 aromatic rings. The lowest BCUT2D eigenvalue weighted by molar-refractivity contribution is -0.384. The van der Waals surface area contributed by atoms with Gasteiger partial charge in [0, 0.05) is 30.8 Å². The summed E-state index contributed by atoms with van der Waals surface area (Å²) in [7, 11) is 0. The molecule has 0 spiro atoms. The lowest BCUT2D eigenvalue weighted by Gasteiger charge is -2.37. The number of nitro benzene ring substituents is 1. The standard InChI is InChI=1S/C20H19N3O5/c24-16(21-10-2-1-3-11(8-10)23(27)28)6-7-22-19(25)17-12-4-5-13(15-9-14(12)15)18(17)20(22)26/h1-5,8,12-15,17-18H,6-7,9H2,(H,21,24)/t12-,13-,14-,15+,17-,18+/m0/s1. The number of amides is 3. The number of nitrogens with zero attached hydrogens (tertiary/aromatic N) is 2. The van der Waals surface area contributed by atoms with Crippen LogP contribution in [0, 0.1) is 45.6 Å². The van der Waals surface area contributed by atoms with Crippen LogP contribution in [0.3, 0.4) is 0 Å². The third kappa shape index (κ3) is 2.47. The van der Waals surface area contributed by atoms with Crippen molar-refractivity contribution in [2.45, 2.75) is 12.8 Å². The second kappa shape index (κ2) is 5.98. The van der Waals surface area contributed by atoms with E-state index in [9.17, 15) is 24.5 Å². The molecule has 2 bridgehead atoms. The highest BCUT2D eigenvalue weighted by molar-refractivity contribution is 6.06. The van der Waals surface area contributed by atoms with Crippen LogP contribution in [0.15, 0.2) is 36.4 Å². The summed E-state index contributed by atoms with van der Waals surface area (Å²) in [6.45, 7) is 0.0419. The molecule has 2 saturated carbocycles. The third-order valence-corrected chi connectivity index (χ3v) is 6.66. The van der Waals surface area contributed by atoms with E-state index in [-0.39, 0.29) is 60.0 Å². The molecule has 28 heavy (non-hydrogen) atoms. The fourth-order valence-electron chi connectivity index (χ4n) is 5.37.